The molecule has 1 saturated heterocycles. The lowest BCUT2D eigenvalue weighted by molar-refractivity contribution is 0.277. The molecule has 1 fully saturated rings. The maximum absolute atomic E-state index is 6.47. The van der Waals surface area contributed by atoms with Crippen LogP contribution in [0.4, 0.5) is 0 Å². The molecule has 1 heterocycles. The summed E-state index contributed by atoms with van der Waals surface area (Å²) in [6.45, 7) is 13.0. The Bertz CT molecular complexity index is 445. The minimum Gasteiger partial charge on any atom is -0.420 e. The highest BCUT2D eigenvalue weighted by atomic mass is 28.5. The monoisotopic (exact) mass is 552 g/mol. The van der Waals surface area contributed by atoms with E-state index in [1.54, 1.807) is 0 Å². The maximum Gasteiger partial charge on any atom is 0.316 e. The van der Waals surface area contributed by atoms with Crippen LogP contribution in [0.3, 0.4) is 0 Å². The third-order valence-electron chi connectivity index (χ3n) is 6.46. The van der Waals surface area contributed by atoms with E-state index in [9.17, 15) is 0 Å². The zero-order valence-electron chi connectivity index (χ0n) is 22.9. The van der Waals surface area contributed by atoms with Gasteiger partial charge >= 0.3 is 8.56 Å². The van der Waals surface area contributed by atoms with Crippen LogP contribution in [0.1, 0.15) is 110 Å². The van der Waals surface area contributed by atoms with E-state index in [1.165, 1.54) is 103 Å². The quantitative estimate of drug-likeness (QED) is 0.146. The second-order valence-electron chi connectivity index (χ2n) is 10.1. The number of unbranched alkanes of at least 4 members (excludes halogenated alkanes) is 15. The van der Waals surface area contributed by atoms with Crippen LogP contribution < -0.4 is 0 Å². The average Bonchev–Trinajstić information content (AvgIpc) is 2.72. The first kappa shape index (κ1) is 31.9. The van der Waals surface area contributed by atoms with Gasteiger partial charge in [-0.05, 0) is 38.8 Å². The lowest BCUT2D eigenvalue weighted by Crippen LogP contribution is -2.52. The van der Waals surface area contributed by atoms with Crippen molar-refractivity contribution in [3.63, 3.8) is 0 Å². The third kappa shape index (κ3) is 17.9. The fraction of sp³-hybridized carbons (Fsp3) is 1.00. The van der Waals surface area contributed by atoms with E-state index in [2.05, 4.69) is 39.7 Å². The molecule has 0 aliphatic carbocycles. The Morgan fingerprint density at radius 1 is 0.455 bits per heavy atom. The Morgan fingerprint density at radius 2 is 0.758 bits per heavy atom. The fourth-order valence-corrected chi connectivity index (χ4v) is 22.5. The third-order valence-corrected chi connectivity index (χ3v) is 23.6. The van der Waals surface area contributed by atoms with Gasteiger partial charge in [-0.1, -0.05) is 110 Å². The standard InChI is InChI=1S/C23H56O5Si5/c1-7-8-9-10-11-12-13-14-15-16-17-18-19-20-21-22-23-33(6)27-31(4)25-29(2)24-30(3)26-32(5)28-33/h29-32H,7-23H2,1-6H3. The summed E-state index contributed by atoms with van der Waals surface area (Å²) < 4.78 is 31.2. The van der Waals surface area contributed by atoms with Crippen LogP contribution in [0.2, 0.25) is 38.8 Å². The lowest BCUT2D eigenvalue weighted by Gasteiger charge is -2.36. The van der Waals surface area contributed by atoms with Crippen LogP contribution in [-0.2, 0) is 20.6 Å². The van der Waals surface area contributed by atoms with Gasteiger partial charge in [0.15, 0.2) is 0 Å². The second-order valence-corrected chi connectivity index (χ2v) is 22.6. The molecule has 10 heteroatoms. The van der Waals surface area contributed by atoms with Gasteiger partial charge in [0.1, 0.15) is 0 Å². The molecule has 0 saturated carbocycles. The van der Waals surface area contributed by atoms with Crippen molar-refractivity contribution >= 4 is 45.7 Å². The Kier molecular flexibility index (Phi) is 19.3. The molecule has 0 aromatic carbocycles. The lowest BCUT2D eigenvalue weighted by atomic mass is 10.0. The van der Waals surface area contributed by atoms with Gasteiger partial charge in [0.25, 0.3) is 37.1 Å². The SMILES string of the molecule is CCCCCCCCCCCCCCCCCC[Si]1(C)O[SiH](C)O[SiH](C)O[SiH](C)O[SiH](C)O1. The predicted molar refractivity (Wildman–Crippen MR) is 153 cm³/mol. The zero-order chi connectivity index (χ0) is 24.4. The van der Waals surface area contributed by atoms with E-state index in [0.717, 1.165) is 6.04 Å². The number of rotatable bonds is 17. The Labute approximate surface area is 214 Å². The van der Waals surface area contributed by atoms with Crippen molar-refractivity contribution in [3.8, 4) is 0 Å². The van der Waals surface area contributed by atoms with Gasteiger partial charge in [0, 0.05) is 0 Å². The van der Waals surface area contributed by atoms with Crippen molar-refractivity contribution in [2.24, 2.45) is 0 Å². The van der Waals surface area contributed by atoms with Gasteiger partial charge in [0.05, 0.1) is 0 Å². The van der Waals surface area contributed by atoms with Crippen molar-refractivity contribution in [1.29, 1.82) is 0 Å². The smallest absolute Gasteiger partial charge is 0.316 e. The van der Waals surface area contributed by atoms with E-state index in [4.69, 9.17) is 20.6 Å². The van der Waals surface area contributed by atoms with Crippen LogP contribution in [0.15, 0.2) is 0 Å². The normalized spacial score (nSPS) is 29.3. The van der Waals surface area contributed by atoms with Crippen molar-refractivity contribution in [1.82, 2.24) is 0 Å². The number of hydrogen-bond donors (Lipinski definition) is 0. The Balaban J connectivity index is 2.06. The number of hydrogen-bond acceptors (Lipinski definition) is 5. The molecule has 198 valence electrons. The average molecular weight is 553 g/mol. The molecule has 33 heavy (non-hydrogen) atoms. The topological polar surface area (TPSA) is 46.2 Å². The zero-order valence-corrected chi connectivity index (χ0v) is 28.5. The van der Waals surface area contributed by atoms with E-state index in [1.807, 2.05) is 0 Å². The molecule has 0 aromatic heterocycles. The van der Waals surface area contributed by atoms with E-state index >= 15 is 0 Å². The molecular formula is C23H56O5Si5. The van der Waals surface area contributed by atoms with Crippen LogP contribution >= 0.6 is 0 Å². The molecule has 1 aliphatic heterocycles. The van der Waals surface area contributed by atoms with Gasteiger partial charge < -0.3 is 20.6 Å². The summed E-state index contributed by atoms with van der Waals surface area (Å²) in [6.07, 6.45) is 22.4. The summed E-state index contributed by atoms with van der Waals surface area (Å²) in [5.41, 5.74) is 0. The molecule has 0 aromatic rings. The molecule has 4 unspecified atom stereocenters. The summed E-state index contributed by atoms with van der Waals surface area (Å²) in [6, 6.07) is 1.07. The van der Waals surface area contributed by atoms with Crippen molar-refractivity contribution in [3.05, 3.63) is 0 Å². The van der Waals surface area contributed by atoms with Crippen molar-refractivity contribution in [2.45, 2.75) is 148 Å². The summed E-state index contributed by atoms with van der Waals surface area (Å²) in [7, 11) is -8.83. The summed E-state index contributed by atoms with van der Waals surface area (Å²) in [5.74, 6) is 0. The van der Waals surface area contributed by atoms with E-state index in [0.29, 0.717) is 0 Å². The first-order valence-electron chi connectivity index (χ1n) is 14.2. The highest BCUT2D eigenvalue weighted by Crippen LogP contribution is 2.23. The van der Waals surface area contributed by atoms with Gasteiger partial charge in [-0.3, -0.25) is 0 Å². The summed E-state index contributed by atoms with van der Waals surface area (Å²) in [5, 5.41) is 0. The van der Waals surface area contributed by atoms with Crippen LogP contribution in [0.5, 0.6) is 0 Å². The highest BCUT2D eigenvalue weighted by molar-refractivity contribution is 6.80. The predicted octanol–water partition coefficient (Wildman–Crippen LogP) is 6.82. The molecule has 0 spiro atoms. The van der Waals surface area contributed by atoms with Crippen molar-refractivity contribution in [2.75, 3.05) is 0 Å². The highest BCUT2D eigenvalue weighted by Gasteiger charge is 2.38. The molecule has 0 amide bonds. The van der Waals surface area contributed by atoms with Crippen LogP contribution in [-0.4, -0.2) is 45.7 Å². The van der Waals surface area contributed by atoms with Crippen LogP contribution in [0.25, 0.3) is 0 Å². The van der Waals surface area contributed by atoms with Gasteiger partial charge in [0.2, 0.25) is 0 Å². The van der Waals surface area contributed by atoms with Gasteiger partial charge in [-0.25, -0.2) is 0 Å². The Morgan fingerprint density at radius 3 is 1.12 bits per heavy atom. The van der Waals surface area contributed by atoms with E-state index < -0.39 is 45.7 Å². The van der Waals surface area contributed by atoms with E-state index in [-0.39, 0.29) is 0 Å². The van der Waals surface area contributed by atoms with Gasteiger partial charge in [-0.15, -0.1) is 0 Å². The molecule has 0 bridgehead atoms. The second kappa shape index (κ2) is 20.0. The van der Waals surface area contributed by atoms with Crippen molar-refractivity contribution < 1.29 is 20.6 Å². The minimum absolute atomic E-state index is 1.07. The molecule has 0 N–H and O–H groups in total. The molecule has 0 radical (unpaired) electrons. The van der Waals surface area contributed by atoms with Crippen LogP contribution in [0, 0.1) is 0 Å². The Hall–Kier alpha value is 0.884. The minimum atomic E-state index is -2.20. The fourth-order valence-electron chi connectivity index (χ4n) is 4.77. The van der Waals surface area contributed by atoms with Gasteiger partial charge in [-0.2, -0.15) is 0 Å². The first-order valence-corrected chi connectivity index (χ1v) is 25.1. The molecular weight excluding hydrogens is 497 g/mol. The summed E-state index contributed by atoms with van der Waals surface area (Å²) >= 11 is 0. The molecule has 1 rings (SSSR count). The molecule has 4 atom stereocenters. The first-order chi connectivity index (χ1) is 15.8. The molecule has 5 nitrogen and oxygen atoms in total. The molecule has 1 aliphatic rings. The maximum atomic E-state index is 6.47. The summed E-state index contributed by atoms with van der Waals surface area (Å²) in [4.78, 5) is 0. The largest absolute Gasteiger partial charge is 0.420 e.